The summed E-state index contributed by atoms with van der Waals surface area (Å²) in [6, 6.07) is 4.13. The Morgan fingerprint density at radius 2 is 2.55 bits per heavy atom. The Kier molecular flexibility index (Phi) is 1.29. The number of nitrogens with zero attached hydrogens (tertiary/aromatic N) is 1. The standard InChI is InChI=1S/C9H7NO/c10-6-7-1-2-9-8(5-7)3-4-11-9/h1-4,7H,5H2. The van der Waals surface area contributed by atoms with Gasteiger partial charge in [-0.2, -0.15) is 5.26 Å². The highest BCUT2D eigenvalue weighted by molar-refractivity contribution is 5.52. The molecule has 0 amide bonds. The van der Waals surface area contributed by atoms with Crippen molar-refractivity contribution in [1.82, 2.24) is 0 Å². The van der Waals surface area contributed by atoms with E-state index in [0.29, 0.717) is 0 Å². The van der Waals surface area contributed by atoms with Crippen LogP contribution in [-0.4, -0.2) is 0 Å². The van der Waals surface area contributed by atoms with Crippen LogP contribution in [0.25, 0.3) is 6.08 Å². The smallest absolute Gasteiger partial charge is 0.129 e. The summed E-state index contributed by atoms with van der Waals surface area (Å²) in [5.41, 5.74) is 1.14. The summed E-state index contributed by atoms with van der Waals surface area (Å²) in [5, 5.41) is 8.62. The number of hydrogen-bond acceptors (Lipinski definition) is 2. The SMILES string of the molecule is N#CC1C=Cc2occc2C1. The van der Waals surface area contributed by atoms with E-state index in [1.165, 1.54) is 0 Å². The van der Waals surface area contributed by atoms with Gasteiger partial charge in [0.1, 0.15) is 5.76 Å². The molecule has 0 fully saturated rings. The molecule has 0 radical (unpaired) electrons. The first-order chi connectivity index (χ1) is 5.40. The van der Waals surface area contributed by atoms with Crippen LogP contribution in [0.1, 0.15) is 11.3 Å². The number of allylic oxidation sites excluding steroid dienone is 1. The zero-order chi connectivity index (χ0) is 7.68. The van der Waals surface area contributed by atoms with Gasteiger partial charge in [0.15, 0.2) is 0 Å². The molecule has 0 saturated carbocycles. The molecule has 1 unspecified atom stereocenters. The second-order valence-electron chi connectivity index (χ2n) is 2.61. The maximum atomic E-state index is 8.62. The average molecular weight is 145 g/mol. The van der Waals surface area contributed by atoms with E-state index in [9.17, 15) is 0 Å². The van der Waals surface area contributed by atoms with Crippen molar-refractivity contribution in [2.24, 2.45) is 5.92 Å². The lowest BCUT2D eigenvalue weighted by Crippen LogP contribution is -2.01. The first kappa shape index (κ1) is 6.23. The predicted molar refractivity (Wildman–Crippen MR) is 40.5 cm³/mol. The van der Waals surface area contributed by atoms with Gasteiger partial charge in [0.2, 0.25) is 0 Å². The van der Waals surface area contributed by atoms with E-state index in [-0.39, 0.29) is 5.92 Å². The lowest BCUT2D eigenvalue weighted by atomic mass is 9.96. The fourth-order valence-corrected chi connectivity index (χ4v) is 1.26. The van der Waals surface area contributed by atoms with Crippen LogP contribution in [0, 0.1) is 17.2 Å². The Bertz CT molecular complexity index is 330. The molecule has 11 heavy (non-hydrogen) atoms. The molecule has 1 aromatic rings. The van der Waals surface area contributed by atoms with Gasteiger partial charge < -0.3 is 4.42 Å². The molecule has 2 nitrogen and oxygen atoms in total. The van der Waals surface area contributed by atoms with Crippen molar-refractivity contribution in [1.29, 1.82) is 5.26 Å². The third-order valence-corrected chi connectivity index (χ3v) is 1.87. The minimum Gasteiger partial charge on any atom is -0.465 e. The Balaban J connectivity index is 2.37. The maximum absolute atomic E-state index is 8.62. The van der Waals surface area contributed by atoms with Gasteiger partial charge in [-0.1, -0.05) is 6.08 Å². The minimum atomic E-state index is 0.0279. The van der Waals surface area contributed by atoms with Crippen molar-refractivity contribution in [2.45, 2.75) is 6.42 Å². The lowest BCUT2D eigenvalue weighted by molar-refractivity contribution is 0.548. The van der Waals surface area contributed by atoms with Gasteiger partial charge in [-0.15, -0.1) is 0 Å². The Morgan fingerprint density at radius 1 is 1.64 bits per heavy atom. The van der Waals surface area contributed by atoms with E-state index in [1.54, 1.807) is 6.26 Å². The molecular formula is C9H7NO. The number of fused-ring (bicyclic) bond motifs is 1. The lowest BCUT2D eigenvalue weighted by Gasteiger charge is -2.06. The van der Waals surface area contributed by atoms with Crippen LogP contribution in [0.5, 0.6) is 0 Å². The zero-order valence-corrected chi connectivity index (χ0v) is 5.95. The first-order valence-corrected chi connectivity index (χ1v) is 3.54. The van der Waals surface area contributed by atoms with Gasteiger partial charge in [-0.05, 0) is 24.1 Å². The van der Waals surface area contributed by atoms with Crippen molar-refractivity contribution >= 4 is 6.08 Å². The van der Waals surface area contributed by atoms with Crippen LogP contribution in [-0.2, 0) is 6.42 Å². The molecule has 0 N–H and O–H groups in total. The predicted octanol–water partition coefficient (Wildman–Crippen LogP) is 1.99. The zero-order valence-electron chi connectivity index (χ0n) is 5.95. The fourth-order valence-electron chi connectivity index (χ4n) is 1.26. The van der Waals surface area contributed by atoms with Gasteiger partial charge in [0.25, 0.3) is 0 Å². The third-order valence-electron chi connectivity index (χ3n) is 1.87. The summed E-state index contributed by atoms with van der Waals surface area (Å²) in [7, 11) is 0. The second-order valence-corrected chi connectivity index (χ2v) is 2.61. The molecule has 2 heteroatoms. The van der Waals surface area contributed by atoms with Crippen LogP contribution >= 0.6 is 0 Å². The summed E-state index contributed by atoms with van der Waals surface area (Å²) in [5.74, 6) is 0.927. The summed E-state index contributed by atoms with van der Waals surface area (Å²) < 4.78 is 5.15. The van der Waals surface area contributed by atoms with E-state index in [0.717, 1.165) is 17.7 Å². The van der Waals surface area contributed by atoms with Crippen LogP contribution in [0.15, 0.2) is 22.8 Å². The van der Waals surface area contributed by atoms with Crippen LogP contribution in [0.3, 0.4) is 0 Å². The van der Waals surface area contributed by atoms with E-state index in [2.05, 4.69) is 6.07 Å². The summed E-state index contributed by atoms with van der Waals surface area (Å²) in [6.07, 6.45) is 6.20. The molecule has 1 heterocycles. The highest BCUT2D eigenvalue weighted by atomic mass is 16.3. The van der Waals surface area contributed by atoms with E-state index >= 15 is 0 Å². The Labute approximate surface area is 64.7 Å². The molecule has 0 spiro atoms. The largest absolute Gasteiger partial charge is 0.465 e. The maximum Gasteiger partial charge on any atom is 0.129 e. The third kappa shape index (κ3) is 0.947. The molecule has 0 aromatic carbocycles. The Hall–Kier alpha value is -1.49. The molecule has 54 valence electrons. The summed E-state index contributed by atoms with van der Waals surface area (Å²) >= 11 is 0. The van der Waals surface area contributed by atoms with Crippen molar-refractivity contribution in [3.05, 3.63) is 29.7 Å². The minimum absolute atomic E-state index is 0.0279. The quantitative estimate of drug-likeness (QED) is 0.559. The average Bonchev–Trinajstić information content (AvgIpc) is 2.50. The Morgan fingerprint density at radius 3 is 3.36 bits per heavy atom. The van der Waals surface area contributed by atoms with Gasteiger partial charge in [-0.25, -0.2) is 0 Å². The molecule has 0 bridgehead atoms. The molecular weight excluding hydrogens is 138 g/mol. The highest BCUT2D eigenvalue weighted by Gasteiger charge is 2.14. The van der Waals surface area contributed by atoms with Gasteiger partial charge >= 0.3 is 0 Å². The monoisotopic (exact) mass is 145 g/mol. The molecule has 0 aliphatic heterocycles. The summed E-state index contributed by atoms with van der Waals surface area (Å²) in [6.45, 7) is 0. The number of hydrogen-bond donors (Lipinski definition) is 0. The molecule has 1 atom stereocenters. The number of nitriles is 1. The van der Waals surface area contributed by atoms with E-state index < -0.39 is 0 Å². The normalized spacial score (nSPS) is 20.8. The van der Waals surface area contributed by atoms with Gasteiger partial charge in [0.05, 0.1) is 18.3 Å². The van der Waals surface area contributed by atoms with Crippen molar-refractivity contribution in [3.63, 3.8) is 0 Å². The molecule has 1 aliphatic carbocycles. The van der Waals surface area contributed by atoms with E-state index in [4.69, 9.17) is 9.68 Å². The van der Waals surface area contributed by atoms with Gasteiger partial charge in [-0.3, -0.25) is 0 Å². The number of furan rings is 1. The molecule has 2 rings (SSSR count). The molecule has 0 saturated heterocycles. The van der Waals surface area contributed by atoms with Crippen molar-refractivity contribution in [3.8, 4) is 6.07 Å². The first-order valence-electron chi connectivity index (χ1n) is 3.54. The van der Waals surface area contributed by atoms with Crippen LogP contribution < -0.4 is 0 Å². The fraction of sp³-hybridized carbons (Fsp3) is 0.222. The topological polar surface area (TPSA) is 36.9 Å². The second kappa shape index (κ2) is 2.28. The van der Waals surface area contributed by atoms with Crippen molar-refractivity contribution < 1.29 is 4.42 Å². The molecule has 1 aromatic heterocycles. The number of rotatable bonds is 0. The van der Waals surface area contributed by atoms with Crippen molar-refractivity contribution in [2.75, 3.05) is 0 Å². The molecule has 1 aliphatic rings. The summed E-state index contributed by atoms with van der Waals surface area (Å²) in [4.78, 5) is 0. The van der Waals surface area contributed by atoms with Crippen LogP contribution in [0.4, 0.5) is 0 Å². The highest BCUT2D eigenvalue weighted by Crippen LogP contribution is 2.22. The van der Waals surface area contributed by atoms with Crippen LogP contribution in [0.2, 0.25) is 0 Å². The van der Waals surface area contributed by atoms with E-state index in [1.807, 2.05) is 18.2 Å². The van der Waals surface area contributed by atoms with Gasteiger partial charge in [0, 0.05) is 0 Å².